The minimum Gasteiger partial charge on any atom is -0.308 e. The molecule has 0 aliphatic carbocycles. The first-order valence-electron chi connectivity index (χ1n) is 5.42. The molecule has 0 radical (unpaired) electrons. The summed E-state index contributed by atoms with van der Waals surface area (Å²) >= 11 is 0. The number of nitrogens with one attached hydrogen (secondary N) is 1. The Bertz CT molecular complexity index is 184. The molecule has 5 nitrogen and oxygen atoms in total. The molecule has 90 valence electrons. The maximum Gasteiger partial charge on any atom is 0.250 e. The second kappa shape index (κ2) is 7.62. The maximum atomic E-state index is 11.4. The molecule has 0 aromatic carbocycles. The Morgan fingerprint density at radius 1 is 1.33 bits per heavy atom. The molecule has 0 saturated heterocycles. The fraction of sp³-hybridized carbons (Fsp3) is 0.900. The number of nitrogens with two attached hydrogens (primary N) is 1. The average molecular weight is 216 g/mol. The van der Waals surface area contributed by atoms with E-state index in [2.05, 4.69) is 22.1 Å². The van der Waals surface area contributed by atoms with Gasteiger partial charge in [0.1, 0.15) is 0 Å². The highest BCUT2D eigenvalue weighted by Gasteiger charge is 2.19. The van der Waals surface area contributed by atoms with Crippen molar-refractivity contribution in [3.63, 3.8) is 0 Å². The molecule has 15 heavy (non-hydrogen) atoms. The third kappa shape index (κ3) is 5.71. The molecular formula is C10H24N4O. The summed E-state index contributed by atoms with van der Waals surface area (Å²) in [6.07, 6.45) is 1.04. The first-order chi connectivity index (χ1) is 7.02. The van der Waals surface area contributed by atoms with Crippen LogP contribution in [0.15, 0.2) is 0 Å². The normalized spacial score (nSPS) is 13.3. The molecule has 3 N–H and O–H groups in total. The quantitative estimate of drug-likeness (QED) is 0.346. The molecule has 1 atom stereocenters. The molecule has 0 bridgehead atoms. The Kier molecular flexibility index (Phi) is 7.29. The molecular weight excluding hydrogens is 192 g/mol. The van der Waals surface area contributed by atoms with E-state index in [1.54, 1.807) is 0 Å². The highest BCUT2D eigenvalue weighted by Crippen LogP contribution is 2.00. The monoisotopic (exact) mass is 216 g/mol. The lowest BCUT2D eigenvalue weighted by atomic mass is 10.2. The lowest BCUT2D eigenvalue weighted by Crippen LogP contribution is -2.49. The van der Waals surface area contributed by atoms with Crippen LogP contribution in [0.4, 0.5) is 0 Å². The topological polar surface area (TPSA) is 61.6 Å². The van der Waals surface area contributed by atoms with Crippen molar-refractivity contribution >= 4 is 5.91 Å². The van der Waals surface area contributed by atoms with Gasteiger partial charge in [0.2, 0.25) is 0 Å². The Morgan fingerprint density at radius 3 is 2.33 bits per heavy atom. The van der Waals surface area contributed by atoms with Gasteiger partial charge < -0.3 is 4.90 Å². The summed E-state index contributed by atoms with van der Waals surface area (Å²) in [7, 11) is 4.05. The van der Waals surface area contributed by atoms with Crippen LogP contribution in [0.1, 0.15) is 20.3 Å². The maximum absolute atomic E-state index is 11.4. The predicted octanol–water partition coefficient (Wildman–Crippen LogP) is -0.362. The first-order valence-corrected chi connectivity index (χ1v) is 5.42. The van der Waals surface area contributed by atoms with E-state index in [1.165, 1.54) is 0 Å². The average Bonchev–Trinajstić information content (AvgIpc) is 2.21. The number of hydrazine groups is 1. The van der Waals surface area contributed by atoms with Gasteiger partial charge in [-0.1, -0.05) is 6.92 Å². The van der Waals surface area contributed by atoms with Crippen LogP contribution >= 0.6 is 0 Å². The summed E-state index contributed by atoms with van der Waals surface area (Å²) in [5.41, 5.74) is 2.20. The predicted molar refractivity (Wildman–Crippen MR) is 62.2 cm³/mol. The number of likely N-dealkylation sites (N-methyl/N-ethyl adjacent to an activating group) is 1. The number of carbonyl (C=O) groups is 1. The van der Waals surface area contributed by atoms with Crippen LogP contribution < -0.4 is 11.3 Å². The molecule has 1 unspecified atom stereocenters. The fourth-order valence-corrected chi connectivity index (χ4v) is 1.40. The minimum atomic E-state index is -0.158. The summed E-state index contributed by atoms with van der Waals surface area (Å²) in [6, 6.07) is -0.158. The van der Waals surface area contributed by atoms with Crippen LogP contribution in [0.25, 0.3) is 0 Å². The molecule has 0 spiro atoms. The van der Waals surface area contributed by atoms with E-state index < -0.39 is 0 Å². The zero-order valence-corrected chi connectivity index (χ0v) is 10.3. The first kappa shape index (κ1) is 14.3. The minimum absolute atomic E-state index is 0.123. The van der Waals surface area contributed by atoms with E-state index in [4.69, 9.17) is 5.84 Å². The fourth-order valence-electron chi connectivity index (χ4n) is 1.40. The van der Waals surface area contributed by atoms with Gasteiger partial charge >= 0.3 is 0 Å². The molecule has 0 aliphatic heterocycles. The van der Waals surface area contributed by atoms with Crippen molar-refractivity contribution in [1.29, 1.82) is 0 Å². The Hall–Kier alpha value is -0.650. The van der Waals surface area contributed by atoms with Gasteiger partial charge in [-0.2, -0.15) is 0 Å². The number of hydrogen-bond acceptors (Lipinski definition) is 4. The van der Waals surface area contributed by atoms with Crippen LogP contribution in [0.3, 0.4) is 0 Å². The highest BCUT2D eigenvalue weighted by atomic mass is 16.2. The largest absolute Gasteiger partial charge is 0.308 e. The number of hydrogen-bond donors (Lipinski definition) is 2. The van der Waals surface area contributed by atoms with Gasteiger partial charge in [0, 0.05) is 13.1 Å². The summed E-state index contributed by atoms with van der Waals surface area (Å²) in [5.74, 6) is 5.00. The zero-order valence-electron chi connectivity index (χ0n) is 10.3. The molecule has 5 heteroatoms. The van der Waals surface area contributed by atoms with Crippen molar-refractivity contribution in [2.24, 2.45) is 5.84 Å². The van der Waals surface area contributed by atoms with E-state index in [-0.39, 0.29) is 11.9 Å². The number of nitrogens with zero attached hydrogens (tertiary/aromatic N) is 2. The van der Waals surface area contributed by atoms with Gasteiger partial charge in [-0.05, 0) is 34.0 Å². The standard InChI is InChI=1S/C10H24N4O/c1-5-6-14(8-7-13(3)4)9(2)10(15)12-11/h9H,5-8,11H2,1-4H3,(H,12,15). The van der Waals surface area contributed by atoms with Gasteiger partial charge in [-0.15, -0.1) is 0 Å². The Morgan fingerprint density at radius 2 is 1.93 bits per heavy atom. The molecule has 0 aromatic rings. The van der Waals surface area contributed by atoms with E-state index in [0.717, 1.165) is 26.1 Å². The third-order valence-electron chi connectivity index (χ3n) is 2.41. The second-order valence-electron chi connectivity index (χ2n) is 4.02. The van der Waals surface area contributed by atoms with Crippen molar-refractivity contribution in [2.45, 2.75) is 26.3 Å². The van der Waals surface area contributed by atoms with Crippen LogP contribution in [-0.2, 0) is 4.79 Å². The molecule has 0 fully saturated rings. The lowest BCUT2D eigenvalue weighted by Gasteiger charge is -2.28. The van der Waals surface area contributed by atoms with Crippen molar-refractivity contribution < 1.29 is 4.79 Å². The van der Waals surface area contributed by atoms with Gasteiger partial charge in [-0.3, -0.25) is 15.1 Å². The van der Waals surface area contributed by atoms with Gasteiger partial charge in [0.25, 0.3) is 5.91 Å². The van der Waals surface area contributed by atoms with Crippen molar-refractivity contribution in [2.75, 3.05) is 33.7 Å². The number of carbonyl (C=O) groups excluding carboxylic acids is 1. The van der Waals surface area contributed by atoms with E-state index in [0.29, 0.717) is 0 Å². The van der Waals surface area contributed by atoms with Crippen molar-refractivity contribution in [3.05, 3.63) is 0 Å². The molecule has 0 saturated carbocycles. The summed E-state index contributed by atoms with van der Waals surface area (Å²) in [6.45, 7) is 6.74. The van der Waals surface area contributed by atoms with Gasteiger partial charge in [-0.25, -0.2) is 5.84 Å². The zero-order chi connectivity index (χ0) is 11.8. The molecule has 1 amide bonds. The molecule has 0 aromatic heterocycles. The molecule has 0 heterocycles. The second-order valence-corrected chi connectivity index (χ2v) is 4.02. The summed E-state index contributed by atoms with van der Waals surface area (Å²) in [4.78, 5) is 15.6. The number of amides is 1. The molecule has 0 aliphatic rings. The lowest BCUT2D eigenvalue weighted by molar-refractivity contribution is -0.126. The highest BCUT2D eigenvalue weighted by molar-refractivity contribution is 5.80. The van der Waals surface area contributed by atoms with Crippen LogP contribution in [-0.4, -0.2) is 55.5 Å². The molecule has 0 rings (SSSR count). The SMILES string of the molecule is CCCN(CCN(C)C)C(C)C(=O)NN. The van der Waals surface area contributed by atoms with Gasteiger partial charge in [0.15, 0.2) is 0 Å². The Labute approximate surface area is 92.6 Å². The smallest absolute Gasteiger partial charge is 0.250 e. The van der Waals surface area contributed by atoms with E-state index >= 15 is 0 Å². The summed E-state index contributed by atoms with van der Waals surface area (Å²) < 4.78 is 0. The van der Waals surface area contributed by atoms with Crippen molar-refractivity contribution in [3.8, 4) is 0 Å². The van der Waals surface area contributed by atoms with E-state index in [9.17, 15) is 4.79 Å². The number of rotatable bonds is 7. The summed E-state index contributed by atoms with van der Waals surface area (Å²) in [5, 5.41) is 0. The Balaban J connectivity index is 4.17. The van der Waals surface area contributed by atoms with Crippen LogP contribution in [0.2, 0.25) is 0 Å². The third-order valence-corrected chi connectivity index (χ3v) is 2.41. The van der Waals surface area contributed by atoms with E-state index in [1.807, 2.05) is 21.0 Å². The van der Waals surface area contributed by atoms with Crippen molar-refractivity contribution in [1.82, 2.24) is 15.2 Å². The van der Waals surface area contributed by atoms with Crippen LogP contribution in [0, 0.1) is 0 Å². The van der Waals surface area contributed by atoms with Crippen LogP contribution in [0.5, 0.6) is 0 Å². The van der Waals surface area contributed by atoms with Gasteiger partial charge in [0.05, 0.1) is 6.04 Å².